The fourth-order valence-corrected chi connectivity index (χ4v) is 3.57. The maximum absolute atomic E-state index is 12.4. The number of aromatic amines is 1. The van der Waals surface area contributed by atoms with Crippen LogP contribution in [0.1, 0.15) is 61.9 Å². The van der Waals surface area contributed by atoms with Crippen LogP contribution in [0, 0.1) is 6.92 Å². The third kappa shape index (κ3) is 3.76. The van der Waals surface area contributed by atoms with Crippen molar-refractivity contribution >= 4 is 17.7 Å². The third-order valence-electron chi connectivity index (χ3n) is 5.06. The molecule has 6 heteroatoms. The number of aromatic nitrogens is 1. The number of amides is 1. The SMILES string of the molecule is CCN(CC)Cc1c(C)[nH]c(C=C2C(=O)NN=C2c2ccco2)c1C(C)C. The Morgan fingerprint density at radius 1 is 1.30 bits per heavy atom. The normalized spacial score (nSPS) is 15.9. The molecule has 3 heterocycles. The molecule has 2 aromatic rings. The smallest absolute Gasteiger partial charge is 0.273 e. The second-order valence-corrected chi connectivity index (χ2v) is 7.11. The van der Waals surface area contributed by atoms with Crippen molar-refractivity contribution in [3.63, 3.8) is 0 Å². The summed E-state index contributed by atoms with van der Waals surface area (Å²) in [4.78, 5) is 18.3. The monoisotopic (exact) mass is 368 g/mol. The van der Waals surface area contributed by atoms with Crippen molar-refractivity contribution in [2.75, 3.05) is 13.1 Å². The molecule has 1 amide bonds. The molecule has 0 fully saturated rings. The van der Waals surface area contributed by atoms with Gasteiger partial charge in [-0.15, -0.1) is 0 Å². The topological polar surface area (TPSA) is 73.6 Å². The molecule has 0 saturated heterocycles. The van der Waals surface area contributed by atoms with Gasteiger partial charge in [-0.25, -0.2) is 5.43 Å². The Balaban J connectivity index is 2.05. The van der Waals surface area contributed by atoms with Crippen molar-refractivity contribution in [3.8, 4) is 0 Å². The predicted molar refractivity (Wildman–Crippen MR) is 108 cm³/mol. The summed E-state index contributed by atoms with van der Waals surface area (Å²) in [6, 6.07) is 3.60. The van der Waals surface area contributed by atoms with Crippen molar-refractivity contribution in [1.82, 2.24) is 15.3 Å². The molecule has 1 aliphatic rings. The van der Waals surface area contributed by atoms with Crippen LogP contribution in [0.15, 0.2) is 33.5 Å². The Kier molecular flexibility index (Phi) is 5.65. The van der Waals surface area contributed by atoms with Crippen molar-refractivity contribution in [1.29, 1.82) is 0 Å². The number of hydrogen-bond donors (Lipinski definition) is 2. The van der Waals surface area contributed by atoms with Gasteiger partial charge < -0.3 is 9.40 Å². The zero-order valence-corrected chi connectivity index (χ0v) is 16.7. The van der Waals surface area contributed by atoms with Crippen molar-refractivity contribution < 1.29 is 9.21 Å². The van der Waals surface area contributed by atoms with Gasteiger partial charge in [-0.2, -0.15) is 5.10 Å². The fraction of sp³-hybridized carbons (Fsp3) is 0.429. The van der Waals surface area contributed by atoms with Gasteiger partial charge in [0, 0.05) is 17.9 Å². The minimum absolute atomic E-state index is 0.214. The quantitative estimate of drug-likeness (QED) is 0.730. The van der Waals surface area contributed by atoms with E-state index >= 15 is 0 Å². The fourth-order valence-electron chi connectivity index (χ4n) is 3.57. The summed E-state index contributed by atoms with van der Waals surface area (Å²) in [5, 5.41) is 4.15. The van der Waals surface area contributed by atoms with Gasteiger partial charge in [-0.3, -0.25) is 9.69 Å². The number of hydrazone groups is 1. The lowest BCUT2D eigenvalue weighted by molar-refractivity contribution is -0.116. The Morgan fingerprint density at radius 2 is 2.04 bits per heavy atom. The minimum atomic E-state index is -0.214. The van der Waals surface area contributed by atoms with Crippen LogP contribution in [0.3, 0.4) is 0 Å². The van der Waals surface area contributed by atoms with Gasteiger partial charge in [0.25, 0.3) is 5.91 Å². The maximum Gasteiger partial charge on any atom is 0.273 e. The molecule has 0 saturated carbocycles. The molecule has 0 atom stereocenters. The summed E-state index contributed by atoms with van der Waals surface area (Å²) in [6.45, 7) is 13.7. The number of rotatable bonds is 7. The van der Waals surface area contributed by atoms with E-state index < -0.39 is 0 Å². The van der Waals surface area contributed by atoms with Crippen LogP contribution in [-0.4, -0.2) is 34.6 Å². The van der Waals surface area contributed by atoms with E-state index in [1.807, 2.05) is 12.1 Å². The van der Waals surface area contributed by atoms with E-state index in [1.54, 1.807) is 12.3 Å². The van der Waals surface area contributed by atoms with Crippen molar-refractivity contribution in [2.24, 2.45) is 5.10 Å². The van der Waals surface area contributed by atoms with Crippen LogP contribution < -0.4 is 5.43 Å². The highest BCUT2D eigenvalue weighted by atomic mass is 16.3. The zero-order valence-electron chi connectivity index (χ0n) is 16.7. The van der Waals surface area contributed by atoms with E-state index in [9.17, 15) is 4.79 Å². The average Bonchev–Trinajstić information content (AvgIpc) is 3.34. The maximum atomic E-state index is 12.4. The lowest BCUT2D eigenvalue weighted by atomic mass is 9.95. The summed E-state index contributed by atoms with van der Waals surface area (Å²) < 4.78 is 5.44. The van der Waals surface area contributed by atoms with Gasteiger partial charge >= 0.3 is 0 Å². The standard InChI is InChI=1S/C21H28N4O2/c1-6-25(7-2)12-16-14(5)22-17(19(16)13(3)4)11-15-20(23-24-21(15)26)18-9-8-10-27-18/h8-11,13,22H,6-7,12H2,1-5H3,(H,24,26). The molecule has 0 spiro atoms. The Morgan fingerprint density at radius 3 is 2.63 bits per heavy atom. The van der Waals surface area contributed by atoms with Crippen LogP contribution in [-0.2, 0) is 11.3 Å². The minimum Gasteiger partial charge on any atom is -0.463 e. The van der Waals surface area contributed by atoms with Crippen LogP contribution in [0.4, 0.5) is 0 Å². The summed E-state index contributed by atoms with van der Waals surface area (Å²) >= 11 is 0. The molecule has 2 aromatic heterocycles. The van der Waals surface area contributed by atoms with Crippen LogP contribution in [0.2, 0.25) is 0 Å². The summed E-state index contributed by atoms with van der Waals surface area (Å²) in [7, 11) is 0. The van der Waals surface area contributed by atoms with Gasteiger partial charge in [0.15, 0.2) is 5.76 Å². The van der Waals surface area contributed by atoms with E-state index in [0.717, 1.165) is 31.0 Å². The molecule has 1 aliphatic heterocycles. The highest BCUT2D eigenvalue weighted by Crippen LogP contribution is 2.30. The average molecular weight is 368 g/mol. The number of furan rings is 1. The summed E-state index contributed by atoms with van der Waals surface area (Å²) in [6.07, 6.45) is 3.48. The summed E-state index contributed by atoms with van der Waals surface area (Å²) in [5.74, 6) is 0.701. The number of aryl methyl sites for hydroxylation is 1. The van der Waals surface area contributed by atoms with E-state index in [-0.39, 0.29) is 5.91 Å². The molecule has 144 valence electrons. The second kappa shape index (κ2) is 7.96. The molecular formula is C21H28N4O2. The third-order valence-corrected chi connectivity index (χ3v) is 5.06. The van der Waals surface area contributed by atoms with Crippen LogP contribution in [0.25, 0.3) is 6.08 Å². The number of carbonyl (C=O) groups is 1. The van der Waals surface area contributed by atoms with Gasteiger partial charge in [0.05, 0.1) is 11.8 Å². The first-order valence-corrected chi connectivity index (χ1v) is 9.53. The second-order valence-electron chi connectivity index (χ2n) is 7.11. The lowest BCUT2D eigenvalue weighted by Crippen LogP contribution is -2.23. The largest absolute Gasteiger partial charge is 0.463 e. The molecule has 0 bridgehead atoms. The predicted octanol–water partition coefficient (Wildman–Crippen LogP) is 3.80. The highest BCUT2D eigenvalue weighted by molar-refractivity contribution is 6.32. The number of hydrogen-bond acceptors (Lipinski definition) is 4. The molecule has 0 radical (unpaired) electrons. The van der Waals surface area contributed by atoms with E-state index in [0.29, 0.717) is 23.0 Å². The van der Waals surface area contributed by atoms with Gasteiger partial charge in [-0.05, 0) is 55.3 Å². The molecule has 27 heavy (non-hydrogen) atoms. The molecule has 2 N–H and O–H groups in total. The van der Waals surface area contributed by atoms with Gasteiger partial charge in [-0.1, -0.05) is 27.7 Å². The molecule has 0 unspecified atom stereocenters. The number of H-pyrrole nitrogens is 1. The van der Waals surface area contributed by atoms with E-state index in [1.165, 1.54) is 11.1 Å². The number of nitrogens with one attached hydrogen (secondary N) is 2. The first-order valence-electron chi connectivity index (χ1n) is 9.53. The van der Waals surface area contributed by atoms with Gasteiger partial charge in [0.2, 0.25) is 0 Å². The molecule has 3 rings (SSSR count). The number of nitrogens with zero attached hydrogens (tertiary/aromatic N) is 2. The first-order chi connectivity index (χ1) is 13.0. The number of carbonyl (C=O) groups excluding carboxylic acids is 1. The Bertz CT molecular complexity index is 868. The van der Waals surface area contributed by atoms with Crippen molar-refractivity contribution in [3.05, 3.63) is 52.2 Å². The molecular weight excluding hydrogens is 340 g/mol. The van der Waals surface area contributed by atoms with Crippen LogP contribution >= 0.6 is 0 Å². The van der Waals surface area contributed by atoms with Crippen molar-refractivity contribution in [2.45, 2.75) is 47.1 Å². The summed E-state index contributed by atoms with van der Waals surface area (Å²) in [5.41, 5.74) is 8.29. The van der Waals surface area contributed by atoms with E-state index in [2.05, 4.69) is 55.0 Å². The van der Waals surface area contributed by atoms with Gasteiger partial charge in [0.1, 0.15) is 5.71 Å². The highest BCUT2D eigenvalue weighted by Gasteiger charge is 2.27. The van der Waals surface area contributed by atoms with E-state index in [4.69, 9.17) is 4.42 Å². The molecule has 6 nitrogen and oxygen atoms in total. The lowest BCUT2D eigenvalue weighted by Gasteiger charge is -2.20. The molecule has 0 aliphatic carbocycles. The Hall–Kier alpha value is -2.60. The van der Waals surface area contributed by atoms with Crippen LogP contribution in [0.5, 0.6) is 0 Å². The Labute approximate surface area is 160 Å². The first kappa shape index (κ1) is 19.2. The molecule has 0 aromatic carbocycles. The zero-order chi connectivity index (χ0) is 19.6.